The molecule has 0 amide bonds. The summed E-state index contributed by atoms with van der Waals surface area (Å²) in [5.41, 5.74) is 1.82. The van der Waals surface area contributed by atoms with E-state index < -0.39 is 0 Å². The van der Waals surface area contributed by atoms with Crippen molar-refractivity contribution in [2.45, 2.75) is 58.3 Å². The molecule has 1 aliphatic rings. The molecule has 23 heavy (non-hydrogen) atoms. The summed E-state index contributed by atoms with van der Waals surface area (Å²) in [5, 5.41) is 7.84. The number of fused-ring (bicyclic) bond motifs is 1. The van der Waals surface area contributed by atoms with Crippen LogP contribution in [0, 0.1) is 0 Å². The molecule has 0 saturated carbocycles. The lowest BCUT2D eigenvalue weighted by molar-refractivity contribution is 0.0601. The second kappa shape index (κ2) is 9.23. The van der Waals surface area contributed by atoms with Crippen LogP contribution in [-0.2, 0) is 17.6 Å². The summed E-state index contributed by atoms with van der Waals surface area (Å²) < 4.78 is 4.94. The highest BCUT2D eigenvalue weighted by Crippen LogP contribution is 2.39. The number of esters is 1. The molecule has 0 atom stereocenters. The van der Waals surface area contributed by atoms with Crippen LogP contribution in [0.5, 0.6) is 0 Å². The van der Waals surface area contributed by atoms with Gasteiger partial charge in [-0.25, -0.2) is 4.79 Å². The van der Waals surface area contributed by atoms with E-state index in [1.807, 2.05) is 0 Å². The van der Waals surface area contributed by atoms with Gasteiger partial charge in [0.15, 0.2) is 5.11 Å². The van der Waals surface area contributed by atoms with Crippen LogP contribution in [0.25, 0.3) is 0 Å². The first-order valence-corrected chi connectivity index (χ1v) is 9.67. The number of aryl methyl sites for hydroxylation is 1. The zero-order chi connectivity index (χ0) is 16.7. The van der Waals surface area contributed by atoms with E-state index in [0.29, 0.717) is 10.7 Å². The van der Waals surface area contributed by atoms with Crippen LogP contribution < -0.4 is 10.6 Å². The van der Waals surface area contributed by atoms with Crippen molar-refractivity contribution in [3.05, 3.63) is 16.0 Å². The standard InChI is InChI=1S/C17H26N2O2S2/c1-3-4-5-6-7-11-18-17(22)19-15-14(16(20)21-2)12-9-8-10-13(12)23-15/h3-11H2,1-2H3,(H2,18,19,22). The summed E-state index contributed by atoms with van der Waals surface area (Å²) in [6.45, 7) is 3.09. The molecule has 2 N–H and O–H groups in total. The van der Waals surface area contributed by atoms with Gasteiger partial charge in [0.1, 0.15) is 5.00 Å². The molecule has 1 aliphatic carbocycles. The maximum absolute atomic E-state index is 12.1. The third kappa shape index (κ3) is 4.91. The first-order valence-electron chi connectivity index (χ1n) is 8.45. The zero-order valence-electron chi connectivity index (χ0n) is 14.0. The average molecular weight is 355 g/mol. The first kappa shape index (κ1) is 18.2. The third-order valence-corrected chi connectivity index (χ3v) is 5.56. The van der Waals surface area contributed by atoms with Gasteiger partial charge in [-0.1, -0.05) is 32.6 Å². The lowest BCUT2D eigenvalue weighted by atomic mass is 10.1. The number of anilines is 1. The van der Waals surface area contributed by atoms with Gasteiger partial charge < -0.3 is 15.4 Å². The minimum atomic E-state index is -0.269. The maximum Gasteiger partial charge on any atom is 0.341 e. The topological polar surface area (TPSA) is 50.4 Å². The van der Waals surface area contributed by atoms with Crippen LogP contribution >= 0.6 is 23.6 Å². The molecule has 0 spiro atoms. The number of rotatable bonds is 8. The van der Waals surface area contributed by atoms with Gasteiger partial charge in [-0.2, -0.15) is 0 Å². The van der Waals surface area contributed by atoms with Crippen LogP contribution in [0.1, 0.15) is 66.2 Å². The number of unbranched alkanes of at least 4 members (excludes halogenated alkanes) is 4. The van der Waals surface area contributed by atoms with Crippen molar-refractivity contribution in [3.8, 4) is 0 Å². The van der Waals surface area contributed by atoms with E-state index in [0.717, 1.165) is 42.8 Å². The first-order chi connectivity index (χ1) is 11.2. The van der Waals surface area contributed by atoms with E-state index in [1.54, 1.807) is 11.3 Å². The summed E-state index contributed by atoms with van der Waals surface area (Å²) in [6.07, 6.45) is 9.29. The van der Waals surface area contributed by atoms with Gasteiger partial charge in [0.05, 0.1) is 12.7 Å². The second-order valence-corrected chi connectivity index (χ2v) is 7.36. The van der Waals surface area contributed by atoms with E-state index >= 15 is 0 Å². The molecular formula is C17H26N2O2S2. The van der Waals surface area contributed by atoms with Gasteiger partial charge in [0.25, 0.3) is 0 Å². The summed E-state index contributed by atoms with van der Waals surface area (Å²) in [7, 11) is 1.43. The fourth-order valence-corrected chi connectivity index (χ4v) is 4.44. The van der Waals surface area contributed by atoms with Crippen molar-refractivity contribution >= 4 is 39.6 Å². The Labute approximate surface area is 148 Å². The van der Waals surface area contributed by atoms with Crippen LogP contribution in [0.15, 0.2) is 0 Å². The smallest absolute Gasteiger partial charge is 0.341 e. The van der Waals surface area contributed by atoms with Crippen molar-refractivity contribution in [1.82, 2.24) is 5.32 Å². The largest absolute Gasteiger partial charge is 0.465 e. The molecule has 1 heterocycles. The molecule has 0 aromatic carbocycles. The molecule has 0 aliphatic heterocycles. The van der Waals surface area contributed by atoms with E-state index in [1.165, 1.54) is 37.7 Å². The Bertz CT molecular complexity index is 555. The average Bonchev–Trinajstić information content (AvgIpc) is 3.10. The molecular weight excluding hydrogens is 328 g/mol. The Kier molecular flexibility index (Phi) is 7.30. The van der Waals surface area contributed by atoms with Gasteiger partial charge in [0, 0.05) is 11.4 Å². The predicted octanol–water partition coefficient (Wildman–Crippen LogP) is 4.28. The molecule has 1 aromatic heterocycles. The van der Waals surface area contributed by atoms with Gasteiger partial charge >= 0.3 is 5.97 Å². The minimum absolute atomic E-state index is 0.269. The molecule has 6 heteroatoms. The van der Waals surface area contributed by atoms with Crippen LogP contribution in [0.3, 0.4) is 0 Å². The van der Waals surface area contributed by atoms with E-state index in [-0.39, 0.29) is 5.97 Å². The Hall–Kier alpha value is -1.14. The number of carbonyl (C=O) groups excluding carboxylic acids is 1. The highest BCUT2D eigenvalue weighted by atomic mass is 32.1. The number of carbonyl (C=O) groups is 1. The number of nitrogens with one attached hydrogen (secondary N) is 2. The van der Waals surface area contributed by atoms with Crippen molar-refractivity contribution in [2.24, 2.45) is 0 Å². The molecule has 0 unspecified atom stereocenters. The molecule has 4 nitrogen and oxygen atoms in total. The number of thiocarbonyl (C=S) groups is 1. The van der Waals surface area contributed by atoms with Crippen LogP contribution in [-0.4, -0.2) is 24.7 Å². The lowest BCUT2D eigenvalue weighted by Crippen LogP contribution is -2.29. The van der Waals surface area contributed by atoms with Gasteiger partial charge in [-0.15, -0.1) is 11.3 Å². The Morgan fingerprint density at radius 3 is 2.78 bits per heavy atom. The minimum Gasteiger partial charge on any atom is -0.465 e. The Balaban J connectivity index is 1.87. The van der Waals surface area contributed by atoms with Crippen molar-refractivity contribution < 1.29 is 9.53 Å². The van der Waals surface area contributed by atoms with Crippen LogP contribution in [0.4, 0.5) is 5.00 Å². The number of thiophene rings is 1. The van der Waals surface area contributed by atoms with Crippen LogP contribution in [0.2, 0.25) is 0 Å². The van der Waals surface area contributed by atoms with Crippen molar-refractivity contribution in [2.75, 3.05) is 19.0 Å². The monoisotopic (exact) mass is 354 g/mol. The van der Waals surface area contributed by atoms with E-state index in [9.17, 15) is 4.79 Å². The van der Waals surface area contributed by atoms with Crippen molar-refractivity contribution in [1.29, 1.82) is 0 Å². The third-order valence-electron chi connectivity index (χ3n) is 4.10. The van der Waals surface area contributed by atoms with Crippen molar-refractivity contribution in [3.63, 3.8) is 0 Å². The summed E-state index contributed by atoms with van der Waals surface area (Å²) in [4.78, 5) is 13.4. The fourth-order valence-electron chi connectivity index (χ4n) is 2.89. The molecule has 128 valence electrons. The molecule has 0 fully saturated rings. The number of hydrogen-bond acceptors (Lipinski definition) is 4. The summed E-state index contributed by atoms with van der Waals surface area (Å²) in [5.74, 6) is -0.269. The Morgan fingerprint density at radius 2 is 2.04 bits per heavy atom. The SMILES string of the molecule is CCCCCCCNC(=S)Nc1sc2c(c1C(=O)OC)CCC2. The number of methoxy groups -OCH3 is 1. The second-order valence-electron chi connectivity index (χ2n) is 5.85. The highest BCUT2D eigenvalue weighted by Gasteiger charge is 2.27. The highest BCUT2D eigenvalue weighted by molar-refractivity contribution is 7.80. The predicted molar refractivity (Wildman–Crippen MR) is 101 cm³/mol. The quantitative estimate of drug-likeness (QED) is 0.414. The van der Waals surface area contributed by atoms with E-state index in [2.05, 4.69) is 17.6 Å². The molecule has 0 saturated heterocycles. The summed E-state index contributed by atoms with van der Waals surface area (Å²) >= 11 is 6.99. The zero-order valence-corrected chi connectivity index (χ0v) is 15.6. The number of ether oxygens (including phenoxy) is 1. The van der Waals surface area contributed by atoms with Gasteiger partial charge in [-0.3, -0.25) is 0 Å². The Morgan fingerprint density at radius 1 is 1.26 bits per heavy atom. The molecule has 0 bridgehead atoms. The maximum atomic E-state index is 12.1. The lowest BCUT2D eigenvalue weighted by Gasteiger charge is -2.11. The molecule has 0 radical (unpaired) electrons. The van der Waals surface area contributed by atoms with Gasteiger partial charge in [0.2, 0.25) is 0 Å². The summed E-state index contributed by atoms with van der Waals surface area (Å²) in [6, 6.07) is 0. The van der Waals surface area contributed by atoms with E-state index in [4.69, 9.17) is 17.0 Å². The molecule has 2 rings (SSSR count). The normalized spacial score (nSPS) is 12.8. The van der Waals surface area contributed by atoms with Gasteiger partial charge in [-0.05, 0) is 43.5 Å². The fraction of sp³-hybridized carbons (Fsp3) is 0.647. The molecule has 1 aromatic rings. The number of hydrogen-bond donors (Lipinski definition) is 2.